The van der Waals surface area contributed by atoms with Crippen LogP contribution < -0.4 is 15.3 Å². The van der Waals surface area contributed by atoms with E-state index >= 15 is 0 Å². The van der Waals surface area contributed by atoms with Crippen LogP contribution >= 0.6 is 0 Å². The second kappa shape index (κ2) is 14.2. The minimum atomic E-state index is -1.01. The summed E-state index contributed by atoms with van der Waals surface area (Å²) in [6.45, 7) is 14.4. The van der Waals surface area contributed by atoms with Gasteiger partial charge in [-0.3, -0.25) is 0 Å². The Morgan fingerprint density at radius 1 is 0.645 bits per heavy atom. The van der Waals surface area contributed by atoms with E-state index in [4.69, 9.17) is 0 Å². The molecule has 170 valence electrons. The van der Waals surface area contributed by atoms with Crippen molar-refractivity contribution in [2.45, 2.75) is 62.3 Å². The summed E-state index contributed by atoms with van der Waals surface area (Å²) in [5, 5.41) is 32.4. The van der Waals surface area contributed by atoms with Gasteiger partial charge in [0.05, 0.1) is 0 Å². The standard InChI is InChI=1S/C9H7.3C5H10O2.Zr/c1-2-5-9-7-3-6-8(9)4-1;3*1-5(2,3)4(6)7;/h1-7H;3*1-3H3,(H,6,7);/q-1;;;;+4/p-3. The molecule has 0 radical (unpaired) electrons. The molecule has 0 unspecified atom stereocenters. The van der Waals surface area contributed by atoms with Gasteiger partial charge in [0, 0.05) is 34.2 Å². The molecule has 0 N–H and O–H groups in total. The molecule has 2 aromatic carbocycles. The Labute approximate surface area is 205 Å². The maximum atomic E-state index is 9.91. The number of benzene rings is 1. The zero-order valence-electron chi connectivity index (χ0n) is 20.0. The van der Waals surface area contributed by atoms with Gasteiger partial charge < -0.3 is 29.7 Å². The zero-order valence-corrected chi connectivity index (χ0v) is 22.4. The van der Waals surface area contributed by atoms with Gasteiger partial charge in [-0.1, -0.05) is 68.4 Å². The first kappa shape index (κ1) is 33.8. The van der Waals surface area contributed by atoms with Crippen LogP contribution in [0.4, 0.5) is 0 Å². The number of carbonyl (C=O) groups excluding carboxylic acids is 3. The Morgan fingerprint density at radius 3 is 1.19 bits per heavy atom. The minimum absolute atomic E-state index is 0. The summed E-state index contributed by atoms with van der Waals surface area (Å²) in [7, 11) is 0. The van der Waals surface area contributed by atoms with Crippen LogP contribution in [0, 0.1) is 16.2 Å². The fourth-order valence-corrected chi connectivity index (χ4v) is 1.07. The molecule has 0 atom stereocenters. The van der Waals surface area contributed by atoms with E-state index in [0.29, 0.717) is 0 Å². The van der Waals surface area contributed by atoms with Gasteiger partial charge in [-0.15, -0.1) is 29.7 Å². The number of carboxylic acids is 3. The van der Waals surface area contributed by atoms with Crippen LogP contribution in [-0.2, 0) is 40.6 Å². The van der Waals surface area contributed by atoms with Gasteiger partial charge in [-0.05, 0) is 0 Å². The number of carbonyl (C=O) groups is 3. The monoisotopic (exact) mass is 508 g/mol. The smallest absolute Gasteiger partial charge is 0.550 e. The van der Waals surface area contributed by atoms with Crippen molar-refractivity contribution in [1.29, 1.82) is 0 Å². The van der Waals surface area contributed by atoms with Crippen molar-refractivity contribution in [3.05, 3.63) is 42.5 Å². The van der Waals surface area contributed by atoms with Crippen molar-refractivity contribution < 1.29 is 55.9 Å². The zero-order chi connectivity index (χ0) is 24.3. The Balaban J connectivity index is -0.000000337. The molecule has 0 aliphatic rings. The molecule has 0 heterocycles. The summed E-state index contributed by atoms with van der Waals surface area (Å²) < 4.78 is 0. The molecule has 0 aliphatic heterocycles. The minimum Gasteiger partial charge on any atom is -0.550 e. The van der Waals surface area contributed by atoms with Crippen LogP contribution in [0.3, 0.4) is 0 Å². The third kappa shape index (κ3) is 17.5. The molecule has 6 nitrogen and oxygen atoms in total. The summed E-state index contributed by atoms with van der Waals surface area (Å²) in [5.41, 5.74) is -2.08. The molecule has 0 bridgehead atoms. The SMILES string of the molecule is CC(C)(C)C(=O)[O-].CC(C)(C)C(=O)[O-].CC(C)(C)C(=O)[O-].[Zr+4].c1ccc2[cH-]ccc2c1. The first-order chi connectivity index (χ1) is 13.3. The molecule has 0 amide bonds. The molecule has 0 saturated heterocycles. The second-order valence-electron chi connectivity index (χ2n) is 9.77. The van der Waals surface area contributed by atoms with E-state index in [9.17, 15) is 29.7 Å². The molecule has 31 heavy (non-hydrogen) atoms. The number of hydrogen-bond acceptors (Lipinski definition) is 6. The van der Waals surface area contributed by atoms with Gasteiger partial charge in [0.2, 0.25) is 0 Å². The normalized spacial score (nSPS) is 10.6. The Kier molecular flexibility index (Phi) is 15.5. The Bertz CT molecular complexity index is 715. The molecule has 7 heteroatoms. The van der Waals surface area contributed by atoms with Crippen LogP contribution in [0.1, 0.15) is 62.3 Å². The van der Waals surface area contributed by atoms with Gasteiger partial charge in [0.1, 0.15) is 0 Å². The van der Waals surface area contributed by atoms with Crippen molar-refractivity contribution in [3.63, 3.8) is 0 Å². The molecular weight excluding hydrogens is 475 g/mol. The number of hydrogen-bond donors (Lipinski definition) is 0. The average molecular weight is 510 g/mol. The molecule has 2 rings (SSSR count). The molecule has 0 fully saturated rings. The van der Waals surface area contributed by atoms with Gasteiger partial charge in [0.25, 0.3) is 0 Å². The summed E-state index contributed by atoms with van der Waals surface area (Å²) in [5.74, 6) is -3.02. The summed E-state index contributed by atoms with van der Waals surface area (Å²) in [4.78, 5) is 29.7. The predicted octanol–water partition coefficient (Wildman–Crippen LogP) is 1.90. The number of rotatable bonds is 0. The fraction of sp³-hybridized carbons (Fsp3) is 0.500. The van der Waals surface area contributed by atoms with E-state index in [1.807, 2.05) is 0 Å². The topological polar surface area (TPSA) is 120 Å². The molecular formula is C24H34O6Zr. The van der Waals surface area contributed by atoms with E-state index in [2.05, 4.69) is 42.5 Å². The van der Waals surface area contributed by atoms with Crippen LogP contribution in [0.15, 0.2) is 42.5 Å². The van der Waals surface area contributed by atoms with Gasteiger partial charge in [-0.25, -0.2) is 0 Å². The molecule has 0 aromatic heterocycles. The van der Waals surface area contributed by atoms with Crippen LogP contribution in [0.25, 0.3) is 10.8 Å². The van der Waals surface area contributed by atoms with Crippen molar-refractivity contribution in [2.75, 3.05) is 0 Å². The molecule has 0 saturated carbocycles. The van der Waals surface area contributed by atoms with Crippen LogP contribution in [0.2, 0.25) is 0 Å². The summed E-state index contributed by atoms with van der Waals surface area (Å²) in [6, 6.07) is 14.7. The fourth-order valence-electron chi connectivity index (χ4n) is 1.07. The largest absolute Gasteiger partial charge is 4.00 e. The van der Waals surface area contributed by atoms with E-state index in [0.717, 1.165) is 0 Å². The maximum absolute atomic E-state index is 9.91. The number of fused-ring (bicyclic) bond motifs is 1. The van der Waals surface area contributed by atoms with Crippen molar-refractivity contribution in [1.82, 2.24) is 0 Å². The van der Waals surface area contributed by atoms with E-state index in [-0.39, 0.29) is 26.2 Å². The second-order valence-corrected chi connectivity index (χ2v) is 9.77. The maximum Gasteiger partial charge on any atom is 4.00 e. The summed E-state index contributed by atoms with van der Waals surface area (Å²) in [6.07, 6.45) is 0. The van der Waals surface area contributed by atoms with E-state index in [1.54, 1.807) is 62.3 Å². The average Bonchev–Trinajstić information content (AvgIpc) is 3.02. The van der Waals surface area contributed by atoms with Crippen LogP contribution in [-0.4, -0.2) is 17.9 Å². The van der Waals surface area contributed by atoms with Crippen molar-refractivity contribution in [2.24, 2.45) is 16.2 Å². The Morgan fingerprint density at radius 2 is 0.935 bits per heavy atom. The molecule has 0 aliphatic carbocycles. The first-order valence-electron chi connectivity index (χ1n) is 9.55. The summed E-state index contributed by atoms with van der Waals surface area (Å²) >= 11 is 0. The number of carboxylic acid groups (broad SMARTS) is 3. The third-order valence-corrected chi connectivity index (χ3v) is 3.38. The Hall–Kier alpha value is -1.88. The van der Waals surface area contributed by atoms with Gasteiger partial charge >= 0.3 is 26.2 Å². The van der Waals surface area contributed by atoms with Crippen molar-refractivity contribution >= 4 is 28.7 Å². The van der Waals surface area contributed by atoms with Crippen LogP contribution in [0.5, 0.6) is 0 Å². The van der Waals surface area contributed by atoms with E-state index in [1.165, 1.54) is 10.8 Å². The third-order valence-electron chi connectivity index (χ3n) is 3.38. The number of aliphatic carboxylic acids is 3. The molecule has 0 spiro atoms. The molecule has 2 aromatic rings. The van der Waals surface area contributed by atoms with Crippen molar-refractivity contribution in [3.8, 4) is 0 Å². The van der Waals surface area contributed by atoms with E-state index < -0.39 is 34.2 Å². The predicted molar refractivity (Wildman–Crippen MR) is 113 cm³/mol. The van der Waals surface area contributed by atoms with Gasteiger partial charge in [0.15, 0.2) is 0 Å². The van der Waals surface area contributed by atoms with Gasteiger partial charge in [-0.2, -0.15) is 17.5 Å². The first-order valence-corrected chi connectivity index (χ1v) is 9.55. The quantitative estimate of drug-likeness (QED) is 0.500.